The van der Waals surface area contributed by atoms with Crippen LogP contribution in [0.5, 0.6) is 5.75 Å². The zero-order valence-electron chi connectivity index (χ0n) is 13.4. The van der Waals surface area contributed by atoms with Gasteiger partial charge in [0.1, 0.15) is 12.4 Å². The lowest BCUT2D eigenvalue weighted by molar-refractivity contribution is -0.115. The van der Waals surface area contributed by atoms with Gasteiger partial charge in [0.25, 0.3) is 0 Å². The van der Waals surface area contributed by atoms with E-state index in [0.29, 0.717) is 11.6 Å². The normalized spacial score (nSPS) is 10.3. The molecule has 0 unspecified atom stereocenters. The molecule has 2 rings (SSSR count). The van der Waals surface area contributed by atoms with E-state index in [-0.39, 0.29) is 11.0 Å². The Kier molecular flexibility index (Phi) is 7.19. The first-order valence-corrected chi connectivity index (χ1v) is 8.25. The highest BCUT2D eigenvalue weighted by Crippen LogP contribution is 2.15. The van der Waals surface area contributed by atoms with Crippen molar-refractivity contribution >= 4 is 46.6 Å². The minimum Gasteiger partial charge on any atom is -0.490 e. The summed E-state index contributed by atoms with van der Waals surface area (Å²) >= 11 is 10.9. The molecule has 128 valence electrons. The van der Waals surface area contributed by atoms with Crippen molar-refractivity contribution in [1.82, 2.24) is 5.32 Å². The third-order valence-electron chi connectivity index (χ3n) is 3.01. The van der Waals surface area contributed by atoms with Crippen molar-refractivity contribution in [2.24, 2.45) is 0 Å². The fourth-order valence-corrected chi connectivity index (χ4v) is 2.20. The predicted molar refractivity (Wildman–Crippen MR) is 107 cm³/mol. The molecule has 0 aliphatic heterocycles. The summed E-state index contributed by atoms with van der Waals surface area (Å²) in [5.74, 6) is 0.407. The van der Waals surface area contributed by atoms with Crippen molar-refractivity contribution in [3.63, 3.8) is 0 Å². The van der Waals surface area contributed by atoms with Crippen molar-refractivity contribution < 1.29 is 9.53 Å². The standard InChI is InChI=1S/C19H17ClN2O2S/c1-2-13-24-17-10-8-16(9-11-17)21-19(25)22-18(23)12-5-14-3-6-15(20)7-4-14/h2-12H,1,13H2,(H2,21,22,23,25)/b12-5+. The van der Waals surface area contributed by atoms with Gasteiger partial charge < -0.3 is 10.1 Å². The van der Waals surface area contributed by atoms with Crippen LogP contribution in [0.15, 0.2) is 67.3 Å². The lowest BCUT2D eigenvalue weighted by Crippen LogP contribution is -2.32. The summed E-state index contributed by atoms with van der Waals surface area (Å²) in [5.41, 5.74) is 1.62. The first kappa shape index (κ1) is 18.7. The van der Waals surface area contributed by atoms with Gasteiger partial charge in [-0.2, -0.15) is 0 Å². The van der Waals surface area contributed by atoms with Gasteiger partial charge in [-0.15, -0.1) is 0 Å². The zero-order valence-corrected chi connectivity index (χ0v) is 14.9. The van der Waals surface area contributed by atoms with Gasteiger partial charge in [-0.25, -0.2) is 0 Å². The number of nitrogens with one attached hydrogen (secondary N) is 2. The maximum atomic E-state index is 11.9. The molecule has 0 radical (unpaired) electrons. The third kappa shape index (κ3) is 6.79. The van der Waals surface area contributed by atoms with Crippen molar-refractivity contribution in [3.8, 4) is 5.75 Å². The number of ether oxygens (including phenoxy) is 1. The first-order chi connectivity index (χ1) is 12.1. The highest BCUT2D eigenvalue weighted by Gasteiger charge is 2.02. The van der Waals surface area contributed by atoms with Crippen LogP contribution in [0.3, 0.4) is 0 Å². The number of carbonyl (C=O) groups excluding carboxylic acids is 1. The fraction of sp³-hybridized carbons (Fsp3) is 0.0526. The number of carbonyl (C=O) groups is 1. The summed E-state index contributed by atoms with van der Waals surface area (Å²) in [7, 11) is 0. The predicted octanol–water partition coefficient (Wildman–Crippen LogP) is 4.43. The highest BCUT2D eigenvalue weighted by molar-refractivity contribution is 7.80. The van der Waals surface area contributed by atoms with Crippen LogP contribution in [-0.2, 0) is 4.79 Å². The van der Waals surface area contributed by atoms with E-state index in [4.69, 9.17) is 28.6 Å². The summed E-state index contributed by atoms with van der Waals surface area (Å²) in [6, 6.07) is 14.4. The van der Waals surface area contributed by atoms with Crippen LogP contribution in [0.1, 0.15) is 5.56 Å². The quantitative estimate of drug-likeness (QED) is 0.447. The molecule has 0 aliphatic carbocycles. The maximum absolute atomic E-state index is 11.9. The molecule has 0 aliphatic rings. The van der Waals surface area contributed by atoms with Gasteiger partial charge >= 0.3 is 0 Å². The molecule has 0 spiro atoms. The van der Waals surface area contributed by atoms with Crippen molar-refractivity contribution in [3.05, 3.63) is 77.8 Å². The Bertz CT molecular complexity index is 771. The number of halogens is 1. The number of benzene rings is 2. The number of hydrogen-bond donors (Lipinski definition) is 2. The van der Waals surface area contributed by atoms with E-state index >= 15 is 0 Å². The van der Waals surface area contributed by atoms with E-state index < -0.39 is 0 Å². The molecule has 0 heterocycles. The Morgan fingerprint density at radius 2 is 1.84 bits per heavy atom. The van der Waals surface area contributed by atoms with Gasteiger partial charge in [0.2, 0.25) is 5.91 Å². The van der Waals surface area contributed by atoms with Crippen LogP contribution in [0.2, 0.25) is 5.02 Å². The number of rotatable bonds is 6. The van der Waals surface area contributed by atoms with E-state index in [1.807, 2.05) is 12.1 Å². The van der Waals surface area contributed by atoms with Crippen molar-refractivity contribution in [2.45, 2.75) is 0 Å². The van der Waals surface area contributed by atoms with Crippen molar-refractivity contribution in [1.29, 1.82) is 0 Å². The third-order valence-corrected chi connectivity index (χ3v) is 3.47. The summed E-state index contributed by atoms with van der Waals surface area (Å²) in [4.78, 5) is 11.9. The smallest absolute Gasteiger partial charge is 0.250 e. The second-order valence-electron chi connectivity index (χ2n) is 4.95. The van der Waals surface area contributed by atoms with Gasteiger partial charge in [-0.1, -0.05) is 36.4 Å². The molecule has 4 nitrogen and oxygen atoms in total. The number of anilines is 1. The van der Waals surface area contributed by atoms with Gasteiger partial charge in [-0.05, 0) is 60.3 Å². The Morgan fingerprint density at radius 3 is 2.48 bits per heavy atom. The molecular formula is C19H17ClN2O2S. The highest BCUT2D eigenvalue weighted by atomic mass is 35.5. The van der Waals surface area contributed by atoms with E-state index in [1.54, 1.807) is 48.6 Å². The molecule has 2 aromatic rings. The number of thiocarbonyl (C=S) groups is 1. The summed E-state index contributed by atoms with van der Waals surface area (Å²) in [6.07, 6.45) is 4.76. The van der Waals surface area contributed by atoms with Crippen molar-refractivity contribution in [2.75, 3.05) is 11.9 Å². The Morgan fingerprint density at radius 1 is 1.16 bits per heavy atom. The molecule has 0 saturated carbocycles. The SMILES string of the molecule is C=CCOc1ccc(NC(=S)NC(=O)/C=C/c2ccc(Cl)cc2)cc1. The molecule has 1 amide bonds. The average Bonchev–Trinajstić information content (AvgIpc) is 2.60. The second-order valence-corrected chi connectivity index (χ2v) is 5.80. The molecule has 0 atom stereocenters. The van der Waals surface area contributed by atoms with Gasteiger partial charge in [0.05, 0.1) is 0 Å². The van der Waals surface area contributed by atoms with Crippen LogP contribution in [0, 0.1) is 0 Å². The largest absolute Gasteiger partial charge is 0.490 e. The van der Waals surface area contributed by atoms with Crippen LogP contribution in [0.4, 0.5) is 5.69 Å². The van der Waals surface area contributed by atoms with Gasteiger partial charge in [0, 0.05) is 16.8 Å². The summed E-state index contributed by atoms with van der Waals surface area (Å²) in [5, 5.41) is 6.38. The molecule has 0 aromatic heterocycles. The van der Waals surface area contributed by atoms with Gasteiger partial charge in [-0.3, -0.25) is 10.1 Å². The molecule has 6 heteroatoms. The van der Waals surface area contributed by atoms with Crippen LogP contribution in [-0.4, -0.2) is 17.6 Å². The summed E-state index contributed by atoms with van der Waals surface area (Å²) in [6.45, 7) is 4.04. The number of amides is 1. The van der Waals surface area contributed by atoms with Crippen LogP contribution in [0.25, 0.3) is 6.08 Å². The molecule has 25 heavy (non-hydrogen) atoms. The molecule has 0 fully saturated rings. The molecular weight excluding hydrogens is 356 g/mol. The zero-order chi connectivity index (χ0) is 18.1. The molecule has 0 saturated heterocycles. The van der Waals surface area contributed by atoms with E-state index in [9.17, 15) is 4.79 Å². The lowest BCUT2D eigenvalue weighted by Gasteiger charge is -2.09. The first-order valence-electron chi connectivity index (χ1n) is 7.46. The van der Waals surface area contributed by atoms with E-state index in [1.165, 1.54) is 6.08 Å². The lowest BCUT2D eigenvalue weighted by atomic mass is 10.2. The van der Waals surface area contributed by atoms with E-state index in [0.717, 1.165) is 17.0 Å². The topological polar surface area (TPSA) is 50.4 Å². The van der Waals surface area contributed by atoms with Gasteiger partial charge in [0.15, 0.2) is 5.11 Å². The molecule has 2 aromatic carbocycles. The minimum atomic E-state index is -0.321. The number of hydrogen-bond acceptors (Lipinski definition) is 3. The van der Waals surface area contributed by atoms with E-state index in [2.05, 4.69) is 17.2 Å². The Balaban J connectivity index is 1.83. The molecule has 2 N–H and O–H groups in total. The average molecular weight is 373 g/mol. The van der Waals surface area contributed by atoms with Crippen LogP contribution >= 0.6 is 23.8 Å². The Labute approximate surface area is 157 Å². The summed E-state index contributed by atoms with van der Waals surface area (Å²) < 4.78 is 5.40. The monoisotopic (exact) mass is 372 g/mol. The fourth-order valence-electron chi connectivity index (χ4n) is 1.85. The van der Waals surface area contributed by atoms with Crippen LogP contribution < -0.4 is 15.4 Å². The Hall–Kier alpha value is -2.63. The maximum Gasteiger partial charge on any atom is 0.250 e. The second kappa shape index (κ2) is 9.61. The minimum absolute atomic E-state index is 0.213. The molecule has 0 bridgehead atoms.